The second-order valence-electron chi connectivity index (χ2n) is 10.9. The van der Waals surface area contributed by atoms with E-state index in [1.807, 2.05) is 24.5 Å². The van der Waals surface area contributed by atoms with Crippen molar-refractivity contribution in [2.45, 2.75) is 71.4 Å². The first-order valence-corrected chi connectivity index (χ1v) is 11.3. The molecule has 7 atom stereocenters. The number of carbonyl (C=O) groups is 1. The summed E-state index contributed by atoms with van der Waals surface area (Å²) in [6, 6.07) is 4.50. The van der Waals surface area contributed by atoms with Gasteiger partial charge in [-0.25, -0.2) is 4.79 Å². The Balaban J connectivity index is 1.50. The van der Waals surface area contributed by atoms with Gasteiger partial charge in [-0.05, 0) is 61.3 Å². The topological polar surface area (TPSA) is 30.0 Å². The summed E-state index contributed by atoms with van der Waals surface area (Å²) in [6.45, 7) is 5.81. The van der Waals surface area contributed by atoms with Crippen molar-refractivity contribution in [3.8, 4) is 0 Å². The zero-order valence-electron chi connectivity index (χ0n) is 17.7. The lowest BCUT2D eigenvalue weighted by atomic mass is 9.48. The summed E-state index contributed by atoms with van der Waals surface area (Å²) in [5.41, 5.74) is 1.90. The van der Waals surface area contributed by atoms with Gasteiger partial charge in [-0.1, -0.05) is 32.4 Å². The van der Waals surface area contributed by atoms with E-state index >= 15 is 0 Å². The Kier molecular flexibility index (Phi) is 4.14. The molecule has 5 rings (SSSR count). The first-order valence-electron chi connectivity index (χ1n) is 11.3. The summed E-state index contributed by atoms with van der Waals surface area (Å²) < 4.78 is 0.518. The number of fused-ring (bicyclic) bond motifs is 5. The van der Waals surface area contributed by atoms with Crippen LogP contribution >= 0.6 is 0 Å². The molecule has 0 aromatic carbocycles. The number of quaternary nitrogens is 1. The Morgan fingerprint density at radius 3 is 2.79 bits per heavy atom. The third-order valence-corrected chi connectivity index (χ3v) is 9.52. The van der Waals surface area contributed by atoms with Gasteiger partial charge < -0.3 is 0 Å². The molecule has 2 heterocycles. The van der Waals surface area contributed by atoms with E-state index in [2.05, 4.69) is 38.0 Å². The summed E-state index contributed by atoms with van der Waals surface area (Å²) in [5, 5.41) is 0. The van der Waals surface area contributed by atoms with Gasteiger partial charge in [-0.3, -0.25) is 9.47 Å². The molecule has 1 unspecified atom stereocenters. The van der Waals surface area contributed by atoms with E-state index in [4.69, 9.17) is 0 Å². The molecule has 150 valence electrons. The predicted molar refractivity (Wildman–Crippen MR) is 111 cm³/mol. The van der Waals surface area contributed by atoms with Crippen molar-refractivity contribution in [1.29, 1.82) is 0 Å². The average molecular weight is 380 g/mol. The molecule has 3 saturated carbocycles. The summed E-state index contributed by atoms with van der Waals surface area (Å²) >= 11 is 0. The van der Waals surface area contributed by atoms with Crippen molar-refractivity contribution in [1.82, 2.24) is 4.98 Å². The highest BCUT2D eigenvalue weighted by Crippen LogP contribution is 2.64. The van der Waals surface area contributed by atoms with E-state index in [0.717, 1.165) is 24.3 Å². The van der Waals surface area contributed by atoms with Crippen molar-refractivity contribution in [3.63, 3.8) is 0 Å². The van der Waals surface area contributed by atoms with Crippen LogP contribution in [0.2, 0.25) is 0 Å². The molecule has 1 aromatic heterocycles. The molecule has 0 N–H and O–H groups in total. The third kappa shape index (κ3) is 2.51. The molecule has 28 heavy (non-hydrogen) atoms. The average Bonchev–Trinajstić information content (AvgIpc) is 3.08. The molecule has 0 bridgehead atoms. The van der Waals surface area contributed by atoms with Crippen LogP contribution in [-0.2, 0) is 11.3 Å². The minimum absolute atomic E-state index is 0.137. The second-order valence-corrected chi connectivity index (χ2v) is 10.9. The zero-order chi connectivity index (χ0) is 19.6. The number of hydrogen-bond donors (Lipinski definition) is 0. The largest absolute Gasteiger partial charge is 0.338 e. The molecule has 3 nitrogen and oxygen atoms in total. The maximum absolute atomic E-state index is 13.2. The molecular weight excluding hydrogens is 344 g/mol. The van der Waals surface area contributed by atoms with E-state index < -0.39 is 0 Å². The smallest absolute Gasteiger partial charge is 0.264 e. The van der Waals surface area contributed by atoms with Gasteiger partial charge in [-0.15, -0.1) is 0 Å². The summed E-state index contributed by atoms with van der Waals surface area (Å²) in [7, 11) is 2.19. The van der Waals surface area contributed by atoms with Crippen molar-refractivity contribution >= 4 is 5.91 Å². The predicted octanol–water partition coefficient (Wildman–Crippen LogP) is 5.13. The Morgan fingerprint density at radius 2 is 2.00 bits per heavy atom. The number of hydrogen-bond acceptors (Lipinski definition) is 2. The molecule has 1 aliphatic heterocycles. The Hall–Kier alpha value is -1.48. The lowest BCUT2D eigenvalue weighted by Crippen LogP contribution is -2.67. The van der Waals surface area contributed by atoms with Crippen molar-refractivity contribution in [2.75, 3.05) is 7.05 Å². The Labute approximate surface area is 169 Å². The van der Waals surface area contributed by atoms with Crippen LogP contribution in [0.4, 0.5) is 0 Å². The summed E-state index contributed by atoms with van der Waals surface area (Å²) in [4.78, 5) is 17.5. The number of pyridine rings is 1. The maximum Gasteiger partial charge on any atom is 0.338 e. The van der Waals surface area contributed by atoms with E-state index in [9.17, 15) is 4.79 Å². The van der Waals surface area contributed by atoms with Crippen LogP contribution in [-0.4, -0.2) is 28.5 Å². The number of amides is 1. The maximum atomic E-state index is 13.2. The molecule has 4 aliphatic rings. The molecule has 0 radical (unpaired) electrons. The highest BCUT2D eigenvalue weighted by atomic mass is 16.2. The fraction of sp³-hybridized carbons (Fsp3) is 0.680. The van der Waals surface area contributed by atoms with Gasteiger partial charge in [0, 0.05) is 35.9 Å². The summed E-state index contributed by atoms with van der Waals surface area (Å²) in [5.74, 6) is 2.77. The third-order valence-electron chi connectivity index (χ3n) is 9.52. The lowest BCUT2D eigenvalue weighted by molar-refractivity contribution is -0.882. The SMILES string of the molecule is C[C@@]12CCC[C@H]1[C@@H]1CC[C@@H]3[C@](C)(C=CC(=O)[N+]3(C)Cc3cccnc3)[C@H]1CC2. The van der Waals surface area contributed by atoms with Crippen LogP contribution in [0.1, 0.15) is 64.4 Å². The molecule has 1 aromatic rings. The van der Waals surface area contributed by atoms with Crippen LogP contribution in [0, 0.1) is 28.6 Å². The van der Waals surface area contributed by atoms with Gasteiger partial charge in [-0.2, -0.15) is 0 Å². The number of aromatic nitrogens is 1. The highest BCUT2D eigenvalue weighted by Gasteiger charge is 2.62. The van der Waals surface area contributed by atoms with E-state index in [1.165, 1.54) is 50.5 Å². The first-order chi connectivity index (χ1) is 13.4. The Bertz CT molecular complexity index is 804. The van der Waals surface area contributed by atoms with Gasteiger partial charge in [0.05, 0.1) is 7.05 Å². The monoisotopic (exact) mass is 379 g/mol. The standard InChI is InChI=1S/C25H35N2O/c1-24-12-4-7-20(24)19-8-9-22-25(2,21(19)10-13-24)14-11-23(28)27(22,3)17-18-6-5-15-26-16-18/h5-6,11,14-16,19-22H,4,7-10,12-13,17H2,1-3H3/q+1/t19-,20-,21-,22+,24-,25+,27?/m0/s1. The van der Waals surface area contributed by atoms with E-state index in [-0.39, 0.29) is 11.3 Å². The molecule has 1 amide bonds. The van der Waals surface area contributed by atoms with Crippen LogP contribution in [0.3, 0.4) is 0 Å². The molecule has 3 aliphatic carbocycles. The lowest BCUT2D eigenvalue weighted by Gasteiger charge is -2.60. The van der Waals surface area contributed by atoms with Gasteiger partial charge in [0.1, 0.15) is 12.6 Å². The van der Waals surface area contributed by atoms with Crippen LogP contribution < -0.4 is 0 Å². The summed E-state index contributed by atoms with van der Waals surface area (Å²) in [6.07, 6.45) is 17.5. The van der Waals surface area contributed by atoms with Crippen LogP contribution in [0.5, 0.6) is 0 Å². The molecule has 0 spiro atoms. The number of carbonyl (C=O) groups excluding carboxylic acids is 1. The Morgan fingerprint density at radius 1 is 1.14 bits per heavy atom. The van der Waals surface area contributed by atoms with E-state index in [1.54, 1.807) is 0 Å². The molecule has 3 fully saturated rings. The number of nitrogens with zero attached hydrogens (tertiary/aromatic N) is 2. The second kappa shape index (κ2) is 6.26. The number of rotatable bonds is 2. The van der Waals surface area contributed by atoms with Crippen LogP contribution in [0.25, 0.3) is 0 Å². The fourth-order valence-electron chi connectivity index (χ4n) is 8.13. The quantitative estimate of drug-likeness (QED) is 0.667. The molecule has 3 heteroatoms. The van der Waals surface area contributed by atoms with Crippen LogP contribution in [0.15, 0.2) is 36.7 Å². The van der Waals surface area contributed by atoms with Crippen molar-refractivity contribution in [3.05, 3.63) is 42.2 Å². The van der Waals surface area contributed by atoms with Gasteiger partial charge in [0.25, 0.3) is 0 Å². The highest BCUT2D eigenvalue weighted by molar-refractivity contribution is 5.82. The van der Waals surface area contributed by atoms with Crippen molar-refractivity contribution in [2.24, 2.45) is 28.6 Å². The molecular formula is C25H35N2O+. The van der Waals surface area contributed by atoms with Crippen molar-refractivity contribution < 1.29 is 9.28 Å². The van der Waals surface area contributed by atoms with Gasteiger partial charge in [0.2, 0.25) is 0 Å². The van der Waals surface area contributed by atoms with E-state index in [0.29, 0.717) is 15.9 Å². The zero-order valence-corrected chi connectivity index (χ0v) is 17.7. The number of likely N-dealkylation sites (N-methyl/N-ethyl adjacent to an activating group) is 1. The van der Waals surface area contributed by atoms with Gasteiger partial charge in [0.15, 0.2) is 0 Å². The van der Waals surface area contributed by atoms with Gasteiger partial charge >= 0.3 is 5.91 Å². The first kappa shape index (κ1) is 18.5. The minimum atomic E-state index is 0.137. The fourth-order valence-corrected chi connectivity index (χ4v) is 8.13. The minimum Gasteiger partial charge on any atom is -0.264 e. The normalized spacial score (nSPS) is 47.3. The molecule has 0 saturated heterocycles.